The summed E-state index contributed by atoms with van der Waals surface area (Å²) in [6.45, 7) is 13.4. The number of anilines is 1. The van der Waals surface area contributed by atoms with Crippen LogP contribution in [0.5, 0.6) is 17.2 Å². The average Bonchev–Trinajstić information content (AvgIpc) is 3.90. The van der Waals surface area contributed by atoms with Crippen molar-refractivity contribution in [3.8, 4) is 50.6 Å². The van der Waals surface area contributed by atoms with Gasteiger partial charge in [0.1, 0.15) is 17.2 Å². The Morgan fingerprint density at radius 1 is 0.658 bits per heavy atom. The number of unbranched alkanes of at least 4 members (excludes halogenated alkanes) is 3. The van der Waals surface area contributed by atoms with Gasteiger partial charge in [-0.05, 0) is 172 Å². The van der Waals surface area contributed by atoms with Crippen LogP contribution in [0.15, 0.2) is 158 Å². The molecule has 1 aliphatic carbocycles. The highest BCUT2D eigenvalue weighted by Gasteiger charge is 2.45. The second-order valence-corrected chi connectivity index (χ2v) is 22.2. The van der Waals surface area contributed by atoms with Crippen molar-refractivity contribution >= 4 is 28.4 Å². The van der Waals surface area contributed by atoms with Crippen molar-refractivity contribution in [1.82, 2.24) is 0 Å². The molecule has 0 saturated heterocycles. The van der Waals surface area contributed by atoms with E-state index in [1.807, 2.05) is 112 Å². The number of amides is 1. The number of halogens is 3. The molecule has 1 aliphatic heterocycles. The summed E-state index contributed by atoms with van der Waals surface area (Å²) in [5.74, 6) is 2.70. The smallest absolute Gasteiger partial charge is 0.416 e. The molecule has 0 spiro atoms. The molecular weight excluding hydrogens is 988 g/mol. The van der Waals surface area contributed by atoms with Crippen LogP contribution in [0.3, 0.4) is 0 Å². The molecule has 2 unspecified atom stereocenters. The lowest BCUT2D eigenvalue weighted by Gasteiger charge is -2.38. The molecule has 1 amide bonds. The van der Waals surface area contributed by atoms with E-state index in [2.05, 4.69) is 80.7 Å². The largest absolute Gasteiger partial charge is 0.497 e. The minimum Gasteiger partial charge on any atom is -0.497 e. The Morgan fingerprint density at radius 3 is 1.96 bits per heavy atom. The number of aryl methyl sites for hydroxylation is 2. The number of alkyl halides is 3. The van der Waals surface area contributed by atoms with E-state index in [0.29, 0.717) is 34.9 Å². The van der Waals surface area contributed by atoms with Crippen LogP contribution in [0.1, 0.15) is 147 Å². The van der Waals surface area contributed by atoms with Crippen molar-refractivity contribution in [2.75, 3.05) is 19.0 Å². The van der Waals surface area contributed by atoms with Gasteiger partial charge in [0.25, 0.3) is 5.91 Å². The summed E-state index contributed by atoms with van der Waals surface area (Å²) in [5.41, 5.74) is 10.7. The maximum atomic E-state index is 14.5. The third-order valence-corrected chi connectivity index (χ3v) is 16.5. The highest BCUT2D eigenvalue weighted by atomic mass is 19.4. The van der Waals surface area contributed by atoms with Crippen LogP contribution in [0.2, 0.25) is 0 Å². The summed E-state index contributed by atoms with van der Waals surface area (Å²) >= 11 is 0. The van der Waals surface area contributed by atoms with E-state index in [-0.39, 0.29) is 5.91 Å². The maximum absolute atomic E-state index is 14.5. The van der Waals surface area contributed by atoms with Crippen molar-refractivity contribution < 1.29 is 32.2 Å². The van der Waals surface area contributed by atoms with Gasteiger partial charge in [-0.15, -0.1) is 0 Å². The third kappa shape index (κ3) is 11.1. The summed E-state index contributed by atoms with van der Waals surface area (Å²) in [7, 11) is 1.64. The zero-order chi connectivity index (χ0) is 55.5. The zero-order valence-electron chi connectivity index (χ0n) is 46.7. The van der Waals surface area contributed by atoms with Crippen LogP contribution >= 0.6 is 0 Å². The van der Waals surface area contributed by atoms with Crippen LogP contribution in [0, 0.1) is 12.8 Å². The van der Waals surface area contributed by atoms with E-state index in [0.717, 1.165) is 103 Å². The Balaban J connectivity index is 0.964. The van der Waals surface area contributed by atoms with E-state index >= 15 is 0 Å². The second kappa shape index (κ2) is 23.0. The first-order valence-electron chi connectivity index (χ1n) is 28.4. The Kier molecular flexibility index (Phi) is 16.0. The number of rotatable bonds is 20. The number of nitrogens with one attached hydrogen (secondary N) is 1. The minimum absolute atomic E-state index is 0.202. The fourth-order valence-corrected chi connectivity index (χ4v) is 12.1. The SMILES string of the molecule is CCCCCC(CCC)CCc1ccc(-c2ccc(C(=O)Nc3ccc(-c4ccc5c6c(c7c(c5c4)-c4ccc(C(F)(F)F)cc4C7(C)C)C=CC(c4ccc(OC)cc4)(c4ccc(OCCCC)cc4)O6)c(C)c3)cc2)cc1. The number of carbonyl (C=O) groups excluding carboxylic acids is 1. The molecule has 406 valence electrons. The first-order valence-corrected chi connectivity index (χ1v) is 28.4. The molecule has 0 bridgehead atoms. The van der Waals surface area contributed by atoms with Crippen molar-refractivity contribution in [3.63, 3.8) is 0 Å². The maximum Gasteiger partial charge on any atom is 0.416 e. The fraction of sp³-hybridized carbons (Fsp3) is 0.310. The molecule has 8 heteroatoms. The van der Waals surface area contributed by atoms with Gasteiger partial charge in [-0.2, -0.15) is 13.2 Å². The lowest BCUT2D eigenvalue weighted by atomic mass is 9.76. The number of hydrogen-bond acceptors (Lipinski definition) is 4. The molecule has 0 aromatic heterocycles. The predicted molar refractivity (Wildman–Crippen MR) is 318 cm³/mol. The van der Waals surface area contributed by atoms with E-state index in [4.69, 9.17) is 14.2 Å². The lowest BCUT2D eigenvalue weighted by Crippen LogP contribution is -2.35. The molecule has 0 fully saturated rings. The minimum atomic E-state index is -4.52. The third-order valence-electron chi connectivity index (χ3n) is 16.5. The Bertz CT molecular complexity index is 3500. The van der Waals surface area contributed by atoms with Crippen molar-refractivity contribution in [2.24, 2.45) is 5.92 Å². The van der Waals surface area contributed by atoms with Gasteiger partial charge in [-0.3, -0.25) is 4.79 Å². The molecule has 2 atom stereocenters. The standard InChI is InChI=1S/C71H72F3NO4/c1-8-11-13-15-47(14-10-3)16-17-48-18-20-49(21-19-48)50-22-24-51(25-23-50)68(76)75-56-32-39-59(46(4)43-56)52-26-37-60-63(44-52)65-61-38-31-55(71(72,73)74)45-64(61)69(5,6)66(65)62-40-41-70(79-67(60)62,53-27-33-57(77-7)34-28-53)54-29-35-58(36-30-54)78-42-12-9-2/h18-41,43-45,47H,8-17,42H2,1-7H3,(H,75,76). The van der Waals surface area contributed by atoms with Gasteiger partial charge in [0.2, 0.25) is 0 Å². The molecule has 8 aromatic rings. The van der Waals surface area contributed by atoms with Gasteiger partial charge >= 0.3 is 6.18 Å². The molecular formula is C71H72F3NO4. The number of methoxy groups -OCH3 is 1. The molecule has 1 heterocycles. The van der Waals surface area contributed by atoms with Crippen molar-refractivity contribution in [3.05, 3.63) is 208 Å². The summed E-state index contributed by atoms with van der Waals surface area (Å²) in [5, 5.41) is 4.82. The van der Waals surface area contributed by atoms with Gasteiger partial charge in [0, 0.05) is 38.7 Å². The molecule has 79 heavy (non-hydrogen) atoms. The van der Waals surface area contributed by atoms with E-state index in [1.165, 1.54) is 62.6 Å². The lowest BCUT2D eigenvalue weighted by molar-refractivity contribution is -0.137. The fourth-order valence-electron chi connectivity index (χ4n) is 12.1. The quantitative estimate of drug-likeness (QED) is 0.0773. The van der Waals surface area contributed by atoms with Gasteiger partial charge in [-0.25, -0.2) is 0 Å². The number of hydrogen-bond donors (Lipinski definition) is 1. The summed E-state index contributed by atoms with van der Waals surface area (Å²) in [4.78, 5) is 13.7. The highest BCUT2D eigenvalue weighted by Crippen LogP contribution is 2.59. The van der Waals surface area contributed by atoms with E-state index in [1.54, 1.807) is 13.2 Å². The molecule has 0 saturated carbocycles. The van der Waals surface area contributed by atoms with Gasteiger partial charge < -0.3 is 19.5 Å². The predicted octanol–water partition coefficient (Wildman–Crippen LogP) is 19.5. The van der Waals surface area contributed by atoms with Crippen molar-refractivity contribution in [1.29, 1.82) is 0 Å². The number of benzene rings is 8. The van der Waals surface area contributed by atoms with Crippen LogP contribution < -0.4 is 19.5 Å². The first kappa shape index (κ1) is 54.8. The van der Waals surface area contributed by atoms with Crippen LogP contribution in [0.4, 0.5) is 18.9 Å². The Hall–Kier alpha value is -7.58. The molecule has 10 rings (SSSR count). The molecule has 0 radical (unpaired) electrons. The molecule has 8 aromatic carbocycles. The average molecular weight is 1060 g/mol. The van der Waals surface area contributed by atoms with E-state index in [9.17, 15) is 18.0 Å². The number of carbonyl (C=O) groups is 1. The van der Waals surface area contributed by atoms with E-state index < -0.39 is 22.8 Å². The Morgan fingerprint density at radius 2 is 1.32 bits per heavy atom. The first-order chi connectivity index (χ1) is 38.1. The monoisotopic (exact) mass is 1060 g/mol. The number of fused-ring (bicyclic) bond motifs is 8. The second-order valence-electron chi connectivity index (χ2n) is 22.2. The number of ether oxygens (including phenoxy) is 3. The molecule has 1 N–H and O–H groups in total. The molecule has 2 aliphatic rings. The van der Waals surface area contributed by atoms with Crippen LogP contribution in [-0.2, 0) is 23.6 Å². The van der Waals surface area contributed by atoms with Gasteiger partial charge in [0.15, 0.2) is 5.60 Å². The van der Waals surface area contributed by atoms with Gasteiger partial charge in [-0.1, -0.05) is 165 Å². The topological polar surface area (TPSA) is 56.8 Å². The highest BCUT2D eigenvalue weighted by molar-refractivity contribution is 6.10. The summed E-state index contributed by atoms with van der Waals surface area (Å²) < 4.78 is 62.6. The summed E-state index contributed by atoms with van der Waals surface area (Å²) in [6.07, 6.45) is 11.7. The normalized spacial score (nSPS) is 15.5. The summed E-state index contributed by atoms with van der Waals surface area (Å²) in [6, 6.07) is 48.9. The Labute approximate surface area is 464 Å². The van der Waals surface area contributed by atoms with Gasteiger partial charge in [0.05, 0.1) is 19.3 Å². The molecule has 5 nitrogen and oxygen atoms in total. The van der Waals surface area contributed by atoms with Crippen molar-refractivity contribution in [2.45, 2.75) is 123 Å². The van der Waals surface area contributed by atoms with Crippen LogP contribution in [0.25, 0.3) is 50.2 Å². The van der Waals surface area contributed by atoms with Crippen LogP contribution in [-0.4, -0.2) is 19.6 Å². The zero-order valence-corrected chi connectivity index (χ0v) is 46.7.